The van der Waals surface area contributed by atoms with Gasteiger partial charge >= 0.3 is 0 Å². The largest absolute Gasteiger partial charge is 0.508 e. The van der Waals surface area contributed by atoms with Gasteiger partial charge in [0, 0.05) is 5.69 Å². The number of hydrogen-bond donors (Lipinski definition) is 2. The van der Waals surface area contributed by atoms with Gasteiger partial charge in [0.1, 0.15) is 11.6 Å². The normalized spacial score (nSPS) is 11.2. The Bertz CT molecular complexity index is 636. The maximum absolute atomic E-state index is 12.7. The standard InChI is InChI=1S/C12H10FNO3S/c13-9-1-3-10(4-2-9)14-18(16,17)12-7-5-11(15)6-8-12/h1-8,14-15H. The van der Waals surface area contributed by atoms with Crippen molar-refractivity contribution in [1.29, 1.82) is 0 Å². The van der Waals surface area contributed by atoms with Gasteiger partial charge in [-0.1, -0.05) is 0 Å². The van der Waals surface area contributed by atoms with E-state index in [0.29, 0.717) is 0 Å². The lowest BCUT2D eigenvalue weighted by molar-refractivity contribution is 0.475. The molecular formula is C12H10FNO3S. The van der Waals surface area contributed by atoms with Crippen LogP contribution in [0.3, 0.4) is 0 Å². The third-order valence-corrected chi connectivity index (χ3v) is 3.64. The van der Waals surface area contributed by atoms with Crippen LogP contribution in [0.1, 0.15) is 0 Å². The minimum absolute atomic E-state index is 0.0178. The molecule has 0 heterocycles. The Morgan fingerprint density at radius 3 is 2.06 bits per heavy atom. The molecule has 0 unspecified atom stereocenters. The Hall–Kier alpha value is -2.08. The average Bonchev–Trinajstić information content (AvgIpc) is 2.32. The highest BCUT2D eigenvalue weighted by atomic mass is 32.2. The van der Waals surface area contributed by atoms with E-state index in [1.165, 1.54) is 36.4 Å². The Kier molecular flexibility index (Phi) is 3.20. The van der Waals surface area contributed by atoms with Crippen LogP contribution in [0.15, 0.2) is 53.4 Å². The Morgan fingerprint density at radius 2 is 1.50 bits per heavy atom. The van der Waals surface area contributed by atoms with Crippen LogP contribution in [-0.4, -0.2) is 13.5 Å². The van der Waals surface area contributed by atoms with Gasteiger partial charge in [0.05, 0.1) is 4.90 Å². The molecule has 4 nitrogen and oxygen atoms in total. The molecule has 94 valence electrons. The van der Waals surface area contributed by atoms with E-state index >= 15 is 0 Å². The first-order valence-corrected chi connectivity index (χ1v) is 6.53. The van der Waals surface area contributed by atoms with Crippen LogP contribution in [0.4, 0.5) is 10.1 Å². The maximum Gasteiger partial charge on any atom is 0.261 e. The second kappa shape index (κ2) is 4.66. The molecule has 2 N–H and O–H groups in total. The van der Waals surface area contributed by atoms with Gasteiger partial charge in [0.2, 0.25) is 0 Å². The first-order valence-electron chi connectivity index (χ1n) is 5.05. The summed E-state index contributed by atoms with van der Waals surface area (Å²) in [5.74, 6) is -0.460. The van der Waals surface area contributed by atoms with Crippen LogP contribution in [0, 0.1) is 5.82 Å². The summed E-state index contributed by atoms with van der Waals surface area (Å²) < 4.78 is 38.8. The van der Waals surface area contributed by atoms with Crippen molar-refractivity contribution in [3.05, 3.63) is 54.3 Å². The van der Waals surface area contributed by atoms with Gasteiger partial charge in [-0.15, -0.1) is 0 Å². The zero-order chi connectivity index (χ0) is 13.2. The van der Waals surface area contributed by atoms with Crippen molar-refractivity contribution in [1.82, 2.24) is 0 Å². The predicted octanol–water partition coefficient (Wildman–Crippen LogP) is 2.33. The van der Waals surface area contributed by atoms with Crippen molar-refractivity contribution in [2.24, 2.45) is 0 Å². The highest BCUT2D eigenvalue weighted by Gasteiger charge is 2.13. The van der Waals surface area contributed by atoms with Gasteiger partial charge in [-0.3, -0.25) is 4.72 Å². The fourth-order valence-electron chi connectivity index (χ4n) is 1.36. The summed E-state index contributed by atoms with van der Waals surface area (Å²) in [6, 6.07) is 10.1. The summed E-state index contributed by atoms with van der Waals surface area (Å²) in [7, 11) is -3.73. The number of nitrogens with one attached hydrogen (secondary N) is 1. The SMILES string of the molecule is O=S(=O)(Nc1ccc(F)cc1)c1ccc(O)cc1. The van der Waals surface area contributed by atoms with Crippen molar-refractivity contribution >= 4 is 15.7 Å². The number of benzene rings is 2. The molecule has 0 spiro atoms. The summed E-state index contributed by atoms with van der Waals surface area (Å²) in [6.45, 7) is 0. The molecule has 2 aromatic rings. The highest BCUT2D eigenvalue weighted by Crippen LogP contribution is 2.18. The van der Waals surface area contributed by atoms with Gasteiger partial charge in [-0.2, -0.15) is 0 Å². The summed E-state index contributed by atoms with van der Waals surface area (Å²) in [6.07, 6.45) is 0. The molecule has 0 aliphatic carbocycles. The lowest BCUT2D eigenvalue weighted by Crippen LogP contribution is -2.12. The molecule has 2 aromatic carbocycles. The van der Waals surface area contributed by atoms with Crippen LogP contribution < -0.4 is 4.72 Å². The first-order chi connectivity index (χ1) is 8.47. The van der Waals surface area contributed by atoms with Gasteiger partial charge in [0.25, 0.3) is 10.0 Å². The number of halogens is 1. The van der Waals surface area contributed by atoms with Gasteiger partial charge < -0.3 is 5.11 Å². The number of hydrogen-bond acceptors (Lipinski definition) is 3. The van der Waals surface area contributed by atoms with E-state index in [1.807, 2.05) is 0 Å². The van der Waals surface area contributed by atoms with Crippen LogP contribution in [0.25, 0.3) is 0 Å². The monoisotopic (exact) mass is 267 g/mol. The lowest BCUT2D eigenvalue weighted by Gasteiger charge is -2.07. The maximum atomic E-state index is 12.7. The number of rotatable bonds is 3. The average molecular weight is 267 g/mol. The Balaban J connectivity index is 2.27. The third kappa shape index (κ3) is 2.78. The minimum atomic E-state index is -3.73. The molecule has 0 bridgehead atoms. The second-order valence-corrected chi connectivity index (χ2v) is 5.29. The van der Waals surface area contributed by atoms with Crippen LogP contribution in [0.2, 0.25) is 0 Å². The molecule has 6 heteroatoms. The quantitative estimate of drug-likeness (QED) is 0.897. The summed E-state index contributed by atoms with van der Waals surface area (Å²) in [5.41, 5.74) is 0.268. The topological polar surface area (TPSA) is 66.4 Å². The fourth-order valence-corrected chi connectivity index (χ4v) is 2.42. The summed E-state index contributed by atoms with van der Waals surface area (Å²) in [5, 5.41) is 9.09. The highest BCUT2D eigenvalue weighted by molar-refractivity contribution is 7.92. The molecule has 0 saturated carbocycles. The summed E-state index contributed by atoms with van der Waals surface area (Å²) >= 11 is 0. The van der Waals surface area contributed by atoms with E-state index in [-0.39, 0.29) is 16.3 Å². The molecule has 0 amide bonds. The van der Waals surface area contributed by atoms with Crippen molar-refractivity contribution in [3.63, 3.8) is 0 Å². The molecule has 0 fully saturated rings. The van der Waals surface area contributed by atoms with Crippen molar-refractivity contribution in [3.8, 4) is 5.75 Å². The number of aromatic hydroxyl groups is 1. The first kappa shape index (κ1) is 12.4. The number of phenols is 1. The van der Waals surface area contributed by atoms with E-state index < -0.39 is 15.8 Å². The molecule has 0 atom stereocenters. The van der Waals surface area contributed by atoms with Gasteiger partial charge in [-0.05, 0) is 48.5 Å². The third-order valence-electron chi connectivity index (χ3n) is 2.24. The molecular weight excluding hydrogens is 257 g/mol. The smallest absolute Gasteiger partial charge is 0.261 e. The number of sulfonamides is 1. The fraction of sp³-hybridized carbons (Fsp3) is 0. The van der Waals surface area contributed by atoms with Crippen molar-refractivity contribution in [2.75, 3.05) is 4.72 Å². The minimum Gasteiger partial charge on any atom is -0.508 e. The zero-order valence-corrected chi connectivity index (χ0v) is 9.99. The molecule has 0 aromatic heterocycles. The van der Waals surface area contributed by atoms with Crippen LogP contribution in [0.5, 0.6) is 5.75 Å². The summed E-state index contributed by atoms with van der Waals surface area (Å²) in [4.78, 5) is 0.0182. The van der Waals surface area contributed by atoms with Crippen molar-refractivity contribution in [2.45, 2.75) is 4.90 Å². The Labute approximate surface area is 104 Å². The number of phenolic OH excluding ortho intramolecular Hbond substituents is 1. The number of anilines is 1. The van der Waals surface area contributed by atoms with Gasteiger partial charge in [-0.25, -0.2) is 12.8 Å². The second-order valence-electron chi connectivity index (χ2n) is 3.61. The van der Waals surface area contributed by atoms with E-state index in [1.54, 1.807) is 0 Å². The molecule has 0 saturated heterocycles. The van der Waals surface area contributed by atoms with E-state index in [2.05, 4.69) is 4.72 Å². The molecule has 0 radical (unpaired) electrons. The predicted molar refractivity (Wildman–Crippen MR) is 65.3 cm³/mol. The zero-order valence-electron chi connectivity index (χ0n) is 9.17. The van der Waals surface area contributed by atoms with Crippen molar-refractivity contribution < 1.29 is 17.9 Å². The van der Waals surface area contributed by atoms with Crippen LogP contribution >= 0.6 is 0 Å². The van der Waals surface area contributed by atoms with E-state index in [9.17, 15) is 12.8 Å². The van der Waals surface area contributed by atoms with Crippen LogP contribution in [-0.2, 0) is 10.0 Å². The van der Waals surface area contributed by atoms with Gasteiger partial charge in [0.15, 0.2) is 0 Å². The molecule has 0 aliphatic heterocycles. The molecule has 18 heavy (non-hydrogen) atoms. The lowest BCUT2D eigenvalue weighted by atomic mass is 10.3. The van der Waals surface area contributed by atoms with E-state index in [0.717, 1.165) is 12.1 Å². The van der Waals surface area contributed by atoms with E-state index in [4.69, 9.17) is 5.11 Å². The Morgan fingerprint density at radius 1 is 0.944 bits per heavy atom. The molecule has 2 rings (SSSR count). The molecule has 0 aliphatic rings.